The van der Waals surface area contributed by atoms with Gasteiger partial charge in [0.1, 0.15) is 11.9 Å². The molecule has 0 bridgehead atoms. The van der Waals surface area contributed by atoms with Gasteiger partial charge in [-0.05, 0) is 23.8 Å². The van der Waals surface area contributed by atoms with E-state index >= 15 is 0 Å². The van der Waals surface area contributed by atoms with Gasteiger partial charge in [0, 0.05) is 17.7 Å². The summed E-state index contributed by atoms with van der Waals surface area (Å²) in [5, 5.41) is 19.6. The third kappa shape index (κ3) is 2.18. The summed E-state index contributed by atoms with van der Waals surface area (Å²) in [5.74, 6) is -0.422. The minimum Gasteiger partial charge on any atom is -0.258 e. The maximum atomic E-state index is 13.1. The molecule has 0 radical (unpaired) electrons. The largest absolute Gasteiger partial charge is 0.270 e. The van der Waals surface area contributed by atoms with E-state index in [1.165, 1.54) is 36.4 Å². The molecule has 0 saturated heterocycles. The van der Waals surface area contributed by atoms with Crippen molar-refractivity contribution in [1.82, 2.24) is 0 Å². The SMILES string of the molecule is N#Cc1cc([N+](=O)[O-])ccc1-c1cccc(F)c1. The molecule has 0 heterocycles. The zero-order valence-corrected chi connectivity index (χ0v) is 9.13. The van der Waals surface area contributed by atoms with E-state index in [2.05, 4.69) is 0 Å². The van der Waals surface area contributed by atoms with Crippen molar-refractivity contribution in [2.75, 3.05) is 0 Å². The second-order valence-electron chi connectivity index (χ2n) is 3.61. The minimum absolute atomic E-state index is 0.148. The highest BCUT2D eigenvalue weighted by Crippen LogP contribution is 2.27. The normalized spacial score (nSPS) is 9.78. The van der Waals surface area contributed by atoms with Crippen molar-refractivity contribution in [2.24, 2.45) is 0 Å². The number of hydrogen-bond donors (Lipinski definition) is 0. The topological polar surface area (TPSA) is 66.9 Å². The number of nitrogens with zero attached hydrogens (tertiary/aromatic N) is 2. The summed E-state index contributed by atoms with van der Waals surface area (Å²) >= 11 is 0. The highest BCUT2D eigenvalue weighted by Gasteiger charge is 2.12. The lowest BCUT2D eigenvalue weighted by Gasteiger charge is -2.04. The van der Waals surface area contributed by atoms with E-state index in [1.807, 2.05) is 6.07 Å². The van der Waals surface area contributed by atoms with Crippen molar-refractivity contribution in [1.29, 1.82) is 5.26 Å². The van der Waals surface area contributed by atoms with Crippen LogP contribution in [0.4, 0.5) is 10.1 Å². The zero-order chi connectivity index (χ0) is 13.1. The van der Waals surface area contributed by atoms with Crippen LogP contribution in [-0.4, -0.2) is 4.92 Å². The average Bonchev–Trinajstić information content (AvgIpc) is 2.37. The van der Waals surface area contributed by atoms with Crippen LogP contribution < -0.4 is 0 Å². The van der Waals surface area contributed by atoms with Crippen LogP contribution in [0.3, 0.4) is 0 Å². The van der Waals surface area contributed by atoms with E-state index in [0.29, 0.717) is 11.1 Å². The predicted octanol–water partition coefficient (Wildman–Crippen LogP) is 3.27. The van der Waals surface area contributed by atoms with E-state index < -0.39 is 10.7 Å². The summed E-state index contributed by atoms with van der Waals surface area (Å²) in [5.41, 5.74) is 0.977. The molecule has 0 unspecified atom stereocenters. The molecule has 0 spiro atoms. The fraction of sp³-hybridized carbons (Fsp3) is 0. The molecule has 2 aromatic rings. The summed E-state index contributed by atoms with van der Waals surface area (Å²) in [4.78, 5) is 10.0. The Labute approximate surface area is 102 Å². The molecule has 0 N–H and O–H groups in total. The van der Waals surface area contributed by atoms with Crippen LogP contribution in [0, 0.1) is 27.3 Å². The molecule has 88 valence electrons. The predicted molar refractivity (Wildman–Crippen MR) is 63.2 cm³/mol. The molecule has 0 aliphatic rings. The number of nitro benzene ring substituents is 1. The molecule has 2 aromatic carbocycles. The highest BCUT2D eigenvalue weighted by atomic mass is 19.1. The van der Waals surface area contributed by atoms with Gasteiger partial charge in [-0.1, -0.05) is 12.1 Å². The molecule has 0 atom stereocenters. The molecule has 0 aliphatic carbocycles. The van der Waals surface area contributed by atoms with Gasteiger partial charge in [0.2, 0.25) is 0 Å². The van der Waals surface area contributed by atoms with Crippen molar-refractivity contribution < 1.29 is 9.31 Å². The van der Waals surface area contributed by atoms with E-state index in [1.54, 1.807) is 6.07 Å². The van der Waals surface area contributed by atoms with E-state index in [-0.39, 0.29) is 11.3 Å². The van der Waals surface area contributed by atoms with Crippen molar-refractivity contribution in [3.8, 4) is 17.2 Å². The Kier molecular flexibility index (Phi) is 3.02. The molecule has 0 amide bonds. The maximum absolute atomic E-state index is 13.1. The summed E-state index contributed by atoms with van der Waals surface area (Å²) in [6.45, 7) is 0. The first-order valence-electron chi connectivity index (χ1n) is 5.06. The lowest BCUT2D eigenvalue weighted by Crippen LogP contribution is -1.91. The number of hydrogen-bond acceptors (Lipinski definition) is 3. The third-order valence-electron chi connectivity index (χ3n) is 2.47. The first-order chi connectivity index (χ1) is 8.61. The van der Waals surface area contributed by atoms with Gasteiger partial charge in [-0.25, -0.2) is 4.39 Å². The van der Waals surface area contributed by atoms with Crippen LogP contribution in [0.5, 0.6) is 0 Å². The van der Waals surface area contributed by atoms with Gasteiger partial charge in [0.25, 0.3) is 5.69 Å². The van der Waals surface area contributed by atoms with E-state index in [4.69, 9.17) is 5.26 Å². The summed E-state index contributed by atoms with van der Waals surface area (Å²) in [6.07, 6.45) is 0. The number of non-ortho nitro benzene ring substituents is 1. The second kappa shape index (κ2) is 4.63. The molecule has 2 rings (SSSR count). The summed E-state index contributed by atoms with van der Waals surface area (Å²) in [7, 11) is 0. The molecular weight excluding hydrogens is 235 g/mol. The smallest absolute Gasteiger partial charge is 0.258 e. The molecule has 5 heteroatoms. The van der Waals surface area contributed by atoms with Gasteiger partial charge in [-0.2, -0.15) is 5.26 Å². The minimum atomic E-state index is -0.573. The number of nitriles is 1. The summed E-state index contributed by atoms with van der Waals surface area (Å²) < 4.78 is 13.1. The number of rotatable bonds is 2. The number of benzene rings is 2. The first kappa shape index (κ1) is 11.7. The van der Waals surface area contributed by atoms with Gasteiger partial charge < -0.3 is 0 Å². The van der Waals surface area contributed by atoms with Gasteiger partial charge in [-0.3, -0.25) is 10.1 Å². The van der Waals surface area contributed by atoms with Crippen LogP contribution in [0.25, 0.3) is 11.1 Å². The summed E-state index contributed by atoms with van der Waals surface area (Å²) in [6, 6.07) is 11.5. The van der Waals surface area contributed by atoms with Crippen molar-refractivity contribution in [3.63, 3.8) is 0 Å². The van der Waals surface area contributed by atoms with Crippen LogP contribution >= 0.6 is 0 Å². The molecular formula is C13H7FN2O2. The van der Waals surface area contributed by atoms with Gasteiger partial charge in [0.15, 0.2) is 0 Å². The average molecular weight is 242 g/mol. The van der Waals surface area contributed by atoms with Gasteiger partial charge in [-0.15, -0.1) is 0 Å². The third-order valence-corrected chi connectivity index (χ3v) is 2.47. The standard InChI is InChI=1S/C13H7FN2O2/c14-11-3-1-2-9(6-11)13-5-4-12(16(17)18)7-10(13)8-15/h1-7H. The van der Waals surface area contributed by atoms with Gasteiger partial charge >= 0.3 is 0 Å². The quantitative estimate of drug-likeness (QED) is 0.599. The second-order valence-corrected chi connectivity index (χ2v) is 3.61. The molecule has 0 fully saturated rings. The first-order valence-corrected chi connectivity index (χ1v) is 5.06. The van der Waals surface area contributed by atoms with Crippen LogP contribution in [0.2, 0.25) is 0 Å². The Bertz CT molecular complexity index is 662. The fourth-order valence-corrected chi connectivity index (χ4v) is 1.65. The lowest BCUT2D eigenvalue weighted by atomic mass is 10.00. The van der Waals surface area contributed by atoms with Crippen molar-refractivity contribution in [3.05, 3.63) is 64.0 Å². The Morgan fingerprint density at radius 1 is 1.22 bits per heavy atom. The molecule has 0 aliphatic heterocycles. The van der Waals surface area contributed by atoms with E-state index in [9.17, 15) is 14.5 Å². The Morgan fingerprint density at radius 3 is 2.61 bits per heavy atom. The lowest BCUT2D eigenvalue weighted by molar-refractivity contribution is -0.384. The highest BCUT2D eigenvalue weighted by molar-refractivity contribution is 5.72. The number of nitro groups is 1. The molecule has 4 nitrogen and oxygen atoms in total. The Hall–Kier alpha value is -2.74. The number of halogens is 1. The molecule has 0 aromatic heterocycles. The molecule has 0 saturated carbocycles. The van der Waals surface area contributed by atoms with Crippen LogP contribution in [-0.2, 0) is 0 Å². The zero-order valence-electron chi connectivity index (χ0n) is 9.13. The Balaban J connectivity index is 2.59. The Morgan fingerprint density at radius 2 is 2.00 bits per heavy atom. The van der Waals surface area contributed by atoms with Crippen molar-refractivity contribution in [2.45, 2.75) is 0 Å². The fourth-order valence-electron chi connectivity index (χ4n) is 1.65. The van der Waals surface area contributed by atoms with Gasteiger partial charge in [0.05, 0.1) is 10.5 Å². The molecule has 18 heavy (non-hydrogen) atoms. The van der Waals surface area contributed by atoms with Crippen molar-refractivity contribution >= 4 is 5.69 Å². The maximum Gasteiger partial charge on any atom is 0.270 e. The van der Waals surface area contributed by atoms with Crippen LogP contribution in [0.1, 0.15) is 5.56 Å². The monoisotopic (exact) mass is 242 g/mol. The van der Waals surface area contributed by atoms with Crippen LogP contribution in [0.15, 0.2) is 42.5 Å². The van der Waals surface area contributed by atoms with E-state index in [0.717, 1.165) is 0 Å².